The minimum atomic E-state index is -0.852. The molecule has 0 atom stereocenters. The summed E-state index contributed by atoms with van der Waals surface area (Å²) in [4.78, 5) is 9.21. The third-order valence-corrected chi connectivity index (χ3v) is 3.66. The van der Waals surface area contributed by atoms with Crippen molar-refractivity contribution >= 4 is 12.4 Å². The molecule has 1 N–H and O–H groups in total. The summed E-state index contributed by atoms with van der Waals surface area (Å²) in [6.45, 7) is 5.58. The van der Waals surface area contributed by atoms with Gasteiger partial charge in [-0.3, -0.25) is 0 Å². The summed E-state index contributed by atoms with van der Waals surface area (Å²) < 4.78 is 26.7. The van der Waals surface area contributed by atoms with Gasteiger partial charge in [0.2, 0.25) is 0 Å². The van der Waals surface area contributed by atoms with Crippen LogP contribution < -0.4 is 5.32 Å². The lowest BCUT2D eigenvalue weighted by Gasteiger charge is -2.21. The maximum absolute atomic E-state index is 13.5. The van der Waals surface area contributed by atoms with Crippen LogP contribution in [-0.4, -0.2) is 16.5 Å². The second kappa shape index (κ2) is 6.67. The Labute approximate surface area is 134 Å². The molecule has 3 nitrogen and oxygen atoms in total. The van der Waals surface area contributed by atoms with Gasteiger partial charge in [-0.1, -0.05) is 13.8 Å². The Morgan fingerprint density at radius 2 is 1.91 bits per heavy atom. The highest BCUT2D eigenvalue weighted by Gasteiger charge is 2.20. The second-order valence-electron chi connectivity index (χ2n) is 5.57. The van der Waals surface area contributed by atoms with Gasteiger partial charge < -0.3 is 5.32 Å². The Hall–Kier alpha value is -1.59. The number of hydrogen-bond acceptors (Lipinski definition) is 3. The quantitative estimate of drug-likeness (QED) is 0.916. The van der Waals surface area contributed by atoms with Crippen molar-refractivity contribution in [3.05, 3.63) is 46.9 Å². The zero-order valence-electron chi connectivity index (χ0n) is 12.5. The normalized spacial score (nSPS) is 13.7. The van der Waals surface area contributed by atoms with Crippen LogP contribution in [-0.2, 0) is 13.0 Å². The zero-order chi connectivity index (χ0) is 15.0. The van der Waals surface area contributed by atoms with Gasteiger partial charge in [-0.05, 0) is 18.2 Å². The summed E-state index contributed by atoms with van der Waals surface area (Å²) >= 11 is 0. The average molecular weight is 326 g/mol. The number of benzene rings is 1. The molecule has 0 fully saturated rings. The molecular weight excluding hydrogens is 308 g/mol. The molecule has 0 radical (unpaired) electrons. The molecule has 0 bridgehead atoms. The summed E-state index contributed by atoms with van der Waals surface area (Å²) in [5.41, 5.74) is 3.29. The van der Waals surface area contributed by atoms with E-state index in [1.165, 1.54) is 6.07 Å². The van der Waals surface area contributed by atoms with Crippen LogP contribution in [0.2, 0.25) is 0 Å². The lowest BCUT2D eigenvalue weighted by Crippen LogP contribution is -2.26. The molecule has 2 aromatic rings. The Morgan fingerprint density at radius 1 is 1.14 bits per heavy atom. The Kier molecular flexibility index (Phi) is 5.08. The second-order valence-corrected chi connectivity index (χ2v) is 5.57. The van der Waals surface area contributed by atoms with Crippen LogP contribution in [0.25, 0.3) is 11.3 Å². The highest BCUT2D eigenvalue weighted by Crippen LogP contribution is 2.28. The van der Waals surface area contributed by atoms with Crippen molar-refractivity contribution in [2.24, 2.45) is 0 Å². The van der Waals surface area contributed by atoms with Gasteiger partial charge in [0, 0.05) is 36.6 Å². The fraction of sp³-hybridized carbons (Fsp3) is 0.375. The molecule has 0 amide bonds. The van der Waals surface area contributed by atoms with Crippen molar-refractivity contribution in [1.29, 1.82) is 0 Å². The van der Waals surface area contributed by atoms with E-state index in [1.807, 2.05) is 13.8 Å². The molecule has 118 valence electrons. The predicted molar refractivity (Wildman–Crippen MR) is 84.1 cm³/mol. The summed E-state index contributed by atoms with van der Waals surface area (Å²) in [5, 5.41) is 3.28. The summed E-state index contributed by atoms with van der Waals surface area (Å²) in [6.07, 6.45) is 0.828. The van der Waals surface area contributed by atoms with E-state index < -0.39 is 11.6 Å². The van der Waals surface area contributed by atoms with Gasteiger partial charge in [0.05, 0.1) is 11.4 Å². The maximum Gasteiger partial charge on any atom is 0.159 e. The van der Waals surface area contributed by atoms with Gasteiger partial charge in [0.15, 0.2) is 11.6 Å². The van der Waals surface area contributed by atoms with Crippen LogP contribution in [0.15, 0.2) is 18.2 Å². The van der Waals surface area contributed by atoms with Gasteiger partial charge >= 0.3 is 0 Å². The molecule has 0 saturated heterocycles. The molecule has 0 aliphatic carbocycles. The van der Waals surface area contributed by atoms with E-state index in [1.54, 1.807) is 6.07 Å². The fourth-order valence-electron chi connectivity index (χ4n) is 2.50. The molecule has 2 heterocycles. The minimum absolute atomic E-state index is 0. The van der Waals surface area contributed by atoms with Gasteiger partial charge in [-0.2, -0.15) is 0 Å². The van der Waals surface area contributed by atoms with Gasteiger partial charge in [-0.15, -0.1) is 12.4 Å². The third kappa shape index (κ3) is 3.10. The van der Waals surface area contributed by atoms with E-state index in [-0.39, 0.29) is 18.3 Å². The molecule has 0 saturated carbocycles. The number of rotatable bonds is 2. The fourth-order valence-corrected chi connectivity index (χ4v) is 2.50. The van der Waals surface area contributed by atoms with Crippen LogP contribution >= 0.6 is 12.4 Å². The molecule has 1 aliphatic rings. The first-order chi connectivity index (χ1) is 10.1. The predicted octanol–water partition coefficient (Wildman–Crippen LogP) is 3.61. The van der Waals surface area contributed by atoms with Crippen molar-refractivity contribution in [1.82, 2.24) is 15.3 Å². The lowest BCUT2D eigenvalue weighted by atomic mass is 9.99. The summed E-state index contributed by atoms with van der Waals surface area (Å²) in [6, 6.07) is 3.92. The van der Waals surface area contributed by atoms with E-state index in [4.69, 9.17) is 0 Å². The molecule has 1 aromatic heterocycles. The van der Waals surface area contributed by atoms with E-state index in [0.717, 1.165) is 36.1 Å². The van der Waals surface area contributed by atoms with Crippen molar-refractivity contribution in [2.75, 3.05) is 6.54 Å². The lowest BCUT2D eigenvalue weighted by molar-refractivity contribution is 0.509. The van der Waals surface area contributed by atoms with Gasteiger partial charge in [-0.25, -0.2) is 18.7 Å². The van der Waals surface area contributed by atoms with E-state index >= 15 is 0 Å². The Bertz CT molecular complexity index is 689. The van der Waals surface area contributed by atoms with Crippen LogP contribution in [0, 0.1) is 11.6 Å². The molecule has 22 heavy (non-hydrogen) atoms. The van der Waals surface area contributed by atoms with Gasteiger partial charge in [0.1, 0.15) is 5.82 Å². The smallest absolute Gasteiger partial charge is 0.159 e. The first-order valence-electron chi connectivity index (χ1n) is 7.12. The van der Waals surface area contributed by atoms with Crippen LogP contribution in [0.3, 0.4) is 0 Å². The average Bonchev–Trinajstić information content (AvgIpc) is 2.49. The van der Waals surface area contributed by atoms with E-state index in [9.17, 15) is 8.78 Å². The number of halogens is 3. The van der Waals surface area contributed by atoms with Crippen LogP contribution in [0.4, 0.5) is 8.78 Å². The Morgan fingerprint density at radius 3 is 2.59 bits per heavy atom. The van der Waals surface area contributed by atoms with Crippen molar-refractivity contribution in [3.63, 3.8) is 0 Å². The zero-order valence-corrected chi connectivity index (χ0v) is 13.3. The summed E-state index contributed by atoms with van der Waals surface area (Å²) in [5.74, 6) is -0.761. The first-order valence-corrected chi connectivity index (χ1v) is 7.12. The summed E-state index contributed by atoms with van der Waals surface area (Å²) in [7, 11) is 0. The van der Waals surface area contributed by atoms with Crippen molar-refractivity contribution in [2.45, 2.75) is 32.7 Å². The topological polar surface area (TPSA) is 37.8 Å². The number of aromatic nitrogens is 2. The molecule has 1 aliphatic heterocycles. The van der Waals surface area contributed by atoms with E-state index in [2.05, 4.69) is 15.3 Å². The number of fused-ring (bicyclic) bond motifs is 1. The minimum Gasteiger partial charge on any atom is -0.312 e. The largest absolute Gasteiger partial charge is 0.312 e. The van der Waals surface area contributed by atoms with E-state index in [0.29, 0.717) is 17.8 Å². The Balaban J connectivity index is 0.00000176. The van der Waals surface area contributed by atoms with Crippen molar-refractivity contribution < 1.29 is 8.78 Å². The number of nitrogens with zero attached hydrogens (tertiary/aromatic N) is 2. The first kappa shape index (κ1) is 16.8. The number of hydrogen-bond donors (Lipinski definition) is 1. The highest BCUT2D eigenvalue weighted by atomic mass is 35.5. The molecule has 3 rings (SSSR count). The maximum atomic E-state index is 13.5. The highest BCUT2D eigenvalue weighted by molar-refractivity contribution is 5.85. The van der Waals surface area contributed by atoms with Crippen LogP contribution in [0.1, 0.15) is 36.8 Å². The molecule has 0 unspecified atom stereocenters. The SMILES string of the molecule is CC(C)c1nc2c(c(-c3ccc(F)c(F)c3)n1)CNCC2.Cl. The molecule has 6 heteroatoms. The molecule has 0 spiro atoms. The van der Waals surface area contributed by atoms with Crippen molar-refractivity contribution in [3.8, 4) is 11.3 Å². The number of nitrogens with one attached hydrogen (secondary N) is 1. The third-order valence-electron chi connectivity index (χ3n) is 3.66. The monoisotopic (exact) mass is 325 g/mol. The molecular formula is C16H18ClF2N3. The molecule has 1 aromatic carbocycles. The van der Waals surface area contributed by atoms with Gasteiger partial charge in [0.25, 0.3) is 0 Å². The standard InChI is InChI=1S/C16H17F2N3.ClH/c1-9(2)16-20-14-5-6-19-8-11(14)15(21-16)10-3-4-12(17)13(18)7-10;/h3-4,7,9,19H,5-6,8H2,1-2H3;1H. The van der Waals surface area contributed by atoms with Crippen LogP contribution in [0.5, 0.6) is 0 Å².